The van der Waals surface area contributed by atoms with Crippen molar-refractivity contribution in [2.45, 2.75) is 0 Å². The lowest BCUT2D eigenvalue weighted by Gasteiger charge is -2.01. The van der Waals surface area contributed by atoms with E-state index in [2.05, 4.69) is 25.5 Å². The van der Waals surface area contributed by atoms with Crippen LogP contribution in [0.2, 0.25) is 0 Å². The maximum Gasteiger partial charge on any atom is 0.280 e. The van der Waals surface area contributed by atoms with Gasteiger partial charge in [-0.15, -0.1) is 16.4 Å². The molecule has 10 heteroatoms. The van der Waals surface area contributed by atoms with Crippen LogP contribution in [0.5, 0.6) is 0 Å². The molecule has 4 aromatic rings. The summed E-state index contributed by atoms with van der Waals surface area (Å²) in [6, 6.07) is 8.11. The zero-order valence-electron chi connectivity index (χ0n) is 14.4. The number of carbonyl (C=O) groups excluding carboxylic acids is 1. The van der Waals surface area contributed by atoms with Gasteiger partial charge in [0.05, 0.1) is 5.69 Å². The molecule has 0 bridgehead atoms. The minimum absolute atomic E-state index is 0.0785. The molecule has 4 rings (SSSR count). The van der Waals surface area contributed by atoms with Crippen LogP contribution in [0.1, 0.15) is 10.5 Å². The number of halogens is 2. The molecule has 1 aromatic carbocycles. The van der Waals surface area contributed by atoms with Crippen LogP contribution >= 0.6 is 11.3 Å². The van der Waals surface area contributed by atoms with Crippen molar-refractivity contribution in [3.8, 4) is 22.6 Å². The summed E-state index contributed by atoms with van der Waals surface area (Å²) in [5, 5.41) is 12.9. The van der Waals surface area contributed by atoms with Gasteiger partial charge in [0.25, 0.3) is 5.91 Å². The molecule has 0 saturated heterocycles. The number of pyridine rings is 1. The second-order valence-corrected chi connectivity index (χ2v) is 6.60. The molecule has 0 aliphatic carbocycles. The molecule has 1 N–H and O–H groups in total. The molecule has 28 heavy (non-hydrogen) atoms. The Bertz CT molecular complexity index is 1160. The van der Waals surface area contributed by atoms with E-state index in [0.29, 0.717) is 27.8 Å². The Kier molecular flexibility index (Phi) is 4.62. The Hall–Kier alpha value is -3.53. The molecule has 0 saturated carbocycles. The van der Waals surface area contributed by atoms with E-state index in [9.17, 15) is 13.6 Å². The molecule has 0 aliphatic rings. The average molecular weight is 398 g/mol. The summed E-state index contributed by atoms with van der Waals surface area (Å²) in [6.45, 7) is 0. The summed E-state index contributed by atoms with van der Waals surface area (Å²) in [4.78, 5) is 22.3. The number of carbonyl (C=O) groups is 1. The number of rotatable bonds is 4. The number of thiazole rings is 1. The molecule has 0 spiro atoms. The van der Waals surface area contributed by atoms with Crippen molar-refractivity contribution in [3.63, 3.8) is 0 Å². The molecule has 140 valence electrons. The number of nitrogens with zero attached hydrogens (tertiary/aromatic N) is 5. The van der Waals surface area contributed by atoms with Crippen LogP contribution in [-0.2, 0) is 7.05 Å². The average Bonchev–Trinajstić information content (AvgIpc) is 3.29. The predicted octanol–water partition coefficient (Wildman–Crippen LogP) is 3.53. The quantitative estimate of drug-likeness (QED) is 0.568. The van der Waals surface area contributed by atoms with E-state index in [4.69, 9.17) is 0 Å². The minimum atomic E-state index is -0.513. The molecule has 1 amide bonds. The topological polar surface area (TPSA) is 85.6 Å². The van der Waals surface area contributed by atoms with Gasteiger partial charge in [-0.1, -0.05) is 0 Å². The molecule has 0 radical (unpaired) electrons. The van der Waals surface area contributed by atoms with Crippen molar-refractivity contribution in [2.75, 3.05) is 5.32 Å². The number of amides is 1. The fourth-order valence-corrected chi connectivity index (χ4v) is 3.21. The van der Waals surface area contributed by atoms with Gasteiger partial charge < -0.3 is 0 Å². The second-order valence-electron chi connectivity index (χ2n) is 5.74. The lowest BCUT2D eigenvalue weighted by atomic mass is 10.1. The lowest BCUT2D eigenvalue weighted by Crippen LogP contribution is -2.14. The Morgan fingerprint density at radius 1 is 1.07 bits per heavy atom. The molecule has 0 atom stereocenters. The number of aryl methyl sites for hydroxylation is 1. The third-order valence-electron chi connectivity index (χ3n) is 3.76. The lowest BCUT2D eigenvalue weighted by molar-refractivity contribution is 0.102. The molecule has 3 aromatic heterocycles. The maximum atomic E-state index is 13.3. The molecule has 0 unspecified atom stereocenters. The standard InChI is InChI=1S/C18H12F2N6OS/c1-26-24-15(10-2-4-11(19)5-3-10)16(25-26)17(27)23-18-22-14(9-28-18)13-8-12(20)6-7-21-13/h2-9H,1H3,(H,22,23,27). The summed E-state index contributed by atoms with van der Waals surface area (Å²) in [5.74, 6) is -1.33. The van der Waals surface area contributed by atoms with Crippen molar-refractivity contribution in [1.82, 2.24) is 25.0 Å². The first-order valence-electron chi connectivity index (χ1n) is 8.05. The first-order chi connectivity index (χ1) is 13.5. The SMILES string of the molecule is Cn1nc(C(=O)Nc2nc(-c3cc(F)ccn3)cs2)c(-c2ccc(F)cc2)n1. The number of nitrogens with one attached hydrogen (secondary N) is 1. The summed E-state index contributed by atoms with van der Waals surface area (Å²) in [5.41, 5.74) is 1.77. The highest BCUT2D eigenvalue weighted by Crippen LogP contribution is 2.25. The first-order valence-corrected chi connectivity index (χ1v) is 8.93. The molecular weight excluding hydrogens is 386 g/mol. The molecular formula is C18H12F2N6OS. The number of hydrogen-bond acceptors (Lipinski definition) is 6. The highest BCUT2D eigenvalue weighted by molar-refractivity contribution is 7.14. The van der Waals surface area contributed by atoms with E-state index < -0.39 is 11.7 Å². The third kappa shape index (κ3) is 3.62. The fourth-order valence-electron chi connectivity index (χ4n) is 2.51. The van der Waals surface area contributed by atoms with Crippen molar-refractivity contribution >= 4 is 22.4 Å². The largest absolute Gasteiger partial charge is 0.296 e. The maximum absolute atomic E-state index is 13.3. The highest BCUT2D eigenvalue weighted by atomic mass is 32.1. The van der Waals surface area contributed by atoms with Crippen LogP contribution in [0.4, 0.5) is 13.9 Å². The van der Waals surface area contributed by atoms with Gasteiger partial charge in [0, 0.05) is 30.3 Å². The van der Waals surface area contributed by atoms with E-state index in [1.54, 1.807) is 12.4 Å². The third-order valence-corrected chi connectivity index (χ3v) is 4.51. The van der Waals surface area contributed by atoms with Crippen molar-refractivity contribution < 1.29 is 13.6 Å². The summed E-state index contributed by atoms with van der Waals surface area (Å²) >= 11 is 1.17. The van der Waals surface area contributed by atoms with Gasteiger partial charge in [-0.2, -0.15) is 9.90 Å². The van der Waals surface area contributed by atoms with E-state index in [-0.39, 0.29) is 11.5 Å². The molecule has 0 fully saturated rings. The van der Waals surface area contributed by atoms with Gasteiger partial charge in [0.2, 0.25) is 0 Å². The highest BCUT2D eigenvalue weighted by Gasteiger charge is 2.20. The zero-order valence-corrected chi connectivity index (χ0v) is 15.2. The Morgan fingerprint density at radius 2 is 1.86 bits per heavy atom. The van der Waals surface area contributed by atoms with Crippen LogP contribution in [0.3, 0.4) is 0 Å². The van der Waals surface area contributed by atoms with Crippen LogP contribution in [0.15, 0.2) is 48.0 Å². The second kappa shape index (κ2) is 7.24. The summed E-state index contributed by atoms with van der Waals surface area (Å²) in [6.07, 6.45) is 1.34. The zero-order chi connectivity index (χ0) is 19.7. The monoisotopic (exact) mass is 398 g/mol. The van der Waals surface area contributed by atoms with Crippen molar-refractivity contribution in [3.05, 3.63) is 65.3 Å². The first kappa shape index (κ1) is 17.9. The van der Waals surface area contributed by atoms with Crippen LogP contribution in [0.25, 0.3) is 22.6 Å². The number of hydrogen-bond donors (Lipinski definition) is 1. The van der Waals surface area contributed by atoms with Crippen molar-refractivity contribution in [1.29, 1.82) is 0 Å². The van der Waals surface area contributed by atoms with E-state index in [1.165, 1.54) is 58.7 Å². The Balaban J connectivity index is 1.59. The predicted molar refractivity (Wildman–Crippen MR) is 99.7 cm³/mol. The van der Waals surface area contributed by atoms with Crippen molar-refractivity contribution in [2.24, 2.45) is 7.05 Å². The van der Waals surface area contributed by atoms with Gasteiger partial charge in [-0.3, -0.25) is 15.1 Å². The van der Waals surface area contributed by atoms with E-state index >= 15 is 0 Å². The number of anilines is 1. The van der Waals surface area contributed by atoms with Gasteiger partial charge >= 0.3 is 0 Å². The molecule has 3 heterocycles. The minimum Gasteiger partial charge on any atom is -0.296 e. The molecule has 0 aliphatic heterocycles. The van der Waals surface area contributed by atoms with Gasteiger partial charge in [-0.05, 0) is 30.3 Å². The normalized spacial score (nSPS) is 10.8. The summed E-state index contributed by atoms with van der Waals surface area (Å²) < 4.78 is 26.5. The van der Waals surface area contributed by atoms with Gasteiger partial charge in [-0.25, -0.2) is 13.8 Å². The number of aromatic nitrogens is 5. The van der Waals surface area contributed by atoms with Crippen LogP contribution in [0, 0.1) is 11.6 Å². The smallest absolute Gasteiger partial charge is 0.280 e. The van der Waals surface area contributed by atoms with E-state index in [1.807, 2.05) is 0 Å². The van der Waals surface area contributed by atoms with Crippen LogP contribution in [-0.4, -0.2) is 30.9 Å². The number of benzene rings is 1. The molecule has 7 nitrogen and oxygen atoms in total. The Labute approximate surface area is 161 Å². The van der Waals surface area contributed by atoms with Gasteiger partial charge in [0.1, 0.15) is 23.0 Å². The van der Waals surface area contributed by atoms with Gasteiger partial charge in [0.15, 0.2) is 10.8 Å². The van der Waals surface area contributed by atoms with E-state index in [0.717, 1.165) is 0 Å². The van der Waals surface area contributed by atoms with Crippen LogP contribution < -0.4 is 5.32 Å². The Morgan fingerprint density at radius 3 is 2.61 bits per heavy atom. The summed E-state index contributed by atoms with van der Waals surface area (Å²) in [7, 11) is 1.58. The fraction of sp³-hybridized carbons (Fsp3) is 0.0556.